The van der Waals surface area contributed by atoms with E-state index < -0.39 is 17.7 Å². The molecule has 0 saturated heterocycles. The largest absolute Gasteiger partial charge is 0.478 e. The minimum atomic E-state index is -4.40. The lowest BCUT2D eigenvalue weighted by Crippen LogP contribution is -2.30. The molecular formula is C21H18F3NO2. The molecule has 0 aromatic heterocycles. The molecule has 4 rings (SSSR count). The maximum absolute atomic E-state index is 13.1. The normalized spacial score (nSPS) is 23.5. The number of benzene rings is 2. The topological polar surface area (TPSA) is 49.3 Å². The summed E-state index contributed by atoms with van der Waals surface area (Å²) in [6.45, 7) is 1.73. The third-order valence-electron chi connectivity index (χ3n) is 5.60. The molecular weight excluding hydrogens is 355 g/mol. The van der Waals surface area contributed by atoms with Gasteiger partial charge in [0.15, 0.2) is 0 Å². The summed E-state index contributed by atoms with van der Waals surface area (Å²) in [5.74, 6) is -0.866. The van der Waals surface area contributed by atoms with Gasteiger partial charge in [0, 0.05) is 11.6 Å². The summed E-state index contributed by atoms with van der Waals surface area (Å²) in [7, 11) is 0. The number of fused-ring (bicyclic) bond motifs is 3. The molecule has 0 fully saturated rings. The Morgan fingerprint density at radius 3 is 2.70 bits per heavy atom. The lowest BCUT2D eigenvalue weighted by molar-refractivity contribution is -0.137. The highest BCUT2D eigenvalue weighted by atomic mass is 19.4. The standard InChI is InChI=1S/C21H18F3NO2/c1-11-14(20(26)27)8-9-17-15-6-3-7-16(15)19(25-18(11)17)12-4-2-5-13(10-12)21(22,23)24/h2-6,8-10,15-16,19,25H,7H2,1H3,(H,26,27)/t15-,16+,19+/m1/s1. The minimum Gasteiger partial charge on any atom is -0.478 e. The maximum atomic E-state index is 13.1. The van der Waals surface area contributed by atoms with Crippen molar-refractivity contribution in [3.05, 3.63) is 76.4 Å². The van der Waals surface area contributed by atoms with Crippen LogP contribution in [0.3, 0.4) is 0 Å². The van der Waals surface area contributed by atoms with Gasteiger partial charge in [-0.2, -0.15) is 13.2 Å². The Morgan fingerprint density at radius 1 is 1.22 bits per heavy atom. The first-order valence-corrected chi connectivity index (χ1v) is 8.74. The molecule has 140 valence electrons. The molecule has 0 saturated carbocycles. The van der Waals surface area contributed by atoms with Crippen LogP contribution in [0.25, 0.3) is 0 Å². The van der Waals surface area contributed by atoms with E-state index in [0.29, 0.717) is 16.8 Å². The Balaban J connectivity index is 1.82. The summed E-state index contributed by atoms with van der Waals surface area (Å²) in [6.07, 6.45) is 0.484. The lowest BCUT2D eigenvalue weighted by atomic mass is 9.75. The second-order valence-corrected chi connectivity index (χ2v) is 7.11. The van der Waals surface area contributed by atoms with Gasteiger partial charge in [0.2, 0.25) is 0 Å². The zero-order chi connectivity index (χ0) is 19.3. The average Bonchev–Trinajstić information content (AvgIpc) is 3.10. The van der Waals surface area contributed by atoms with Crippen LogP contribution in [0.4, 0.5) is 18.9 Å². The molecule has 1 aliphatic heterocycles. The monoisotopic (exact) mass is 373 g/mol. The summed E-state index contributed by atoms with van der Waals surface area (Å²) < 4.78 is 39.4. The molecule has 1 heterocycles. The molecule has 0 bridgehead atoms. The summed E-state index contributed by atoms with van der Waals surface area (Å²) in [4.78, 5) is 11.5. The lowest BCUT2D eigenvalue weighted by Gasteiger charge is -2.38. The molecule has 0 spiro atoms. The maximum Gasteiger partial charge on any atom is 0.416 e. The van der Waals surface area contributed by atoms with Crippen LogP contribution < -0.4 is 5.32 Å². The average molecular weight is 373 g/mol. The number of alkyl halides is 3. The Hall–Kier alpha value is -2.76. The molecule has 1 aliphatic carbocycles. The summed E-state index contributed by atoms with van der Waals surface area (Å²) >= 11 is 0. The van der Waals surface area contributed by atoms with E-state index in [9.17, 15) is 23.1 Å². The number of carbonyl (C=O) groups is 1. The van der Waals surface area contributed by atoms with Crippen LogP contribution in [0.1, 0.15) is 51.0 Å². The molecule has 0 amide bonds. The van der Waals surface area contributed by atoms with Crippen LogP contribution in [0, 0.1) is 12.8 Å². The quantitative estimate of drug-likeness (QED) is 0.680. The van der Waals surface area contributed by atoms with Crippen LogP contribution in [0.5, 0.6) is 0 Å². The summed E-state index contributed by atoms with van der Waals surface area (Å²) in [5, 5.41) is 12.8. The molecule has 2 aromatic carbocycles. The van der Waals surface area contributed by atoms with Crippen LogP contribution >= 0.6 is 0 Å². The second-order valence-electron chi connectivity index (χ2n) is 7.11. The van der Waals surface area contributed by atoms with Crippen molar-refractivity contribution in [2.24, 2.45) is 5.92 Å². The van der Waals surface area contributed by atoms with Crippen molar-refractivity contribution in [3.63, 3.8) is 0 Å². The Morgan fingerprint density at radius 2 is 2.00 bits per heavy atom. The van der Waals surface area contributed by atoms with Crippen molar-refractivity contribution in [1.82, 2.24) is 0 Å². The van der Waals surface area contributed by atoms with Gasteiger partial charge in [-0.15, -0.1) is 0 Å². The molecule has 2 aliphatic rings. The van der Waals surface area contributed by atoms with E-state index in [4.69, 9.17) is 0 Å². The molecule has 0 radical (unpaired) electrons. The highest BCUT2D eigenvalue weighted by molar-refractivity contribution is 5.92. The van der Waals surface area contributed by atoms with Gasteiger partial charge in [-0.3, -0.25) is 0 Å². The van der Waals surface area contributed by atoms with Gasteiger partial charge in [-0.25, -0.2) is 4.79 Å². The number of carboxylic acids is 1. The van der Waals surface area contributed by atoms with Crippen molar-refractivity contribution in [3.8, 4) is 0 Å². The third-order valence-corrected chi connectivity index (χ3v) is 5.60. The van der Waals surface area contributed by atoms with Gasteiger partial charge in [0.05, 0.1) is 17.2 Å². The zero-order valence-corrected chi connectivity index (χ0v) is 14.5. The van der Waals surface area contributed by atoms with Crippen molar-refractivity contribution in [1.29, 1.82) is 0 Å². The van der Waals surface area contributed by atoms with Gasteiger partial charge in [-0.1, -0.05) is 30.4 Å². The first-order chi connectivity index (χ1) is 12.8. The number of carboxylic acid groups (broad SMARTS) is 1. The third kappa shape index (κ3) is 2.89. The van der Waals surface area contributed by atoms with Crippen LogP contribution in [0.15, 0.2) is 48.6 Å². The molecule has 2 N–H and O–H groups in total. The van der Waals surface area contributed by atoms with Crippen LogP contribution in [-0.2, 0) is 6.18 Å². The van der Waals surface area contributed by atoms with Gasteiger partial charge >= 0.3 is 12.1 Å². The van der Waals surface area contributed by atoms with E-state index >= 15 is 0 Å². The van der Waals surface area contributed by atoms with Crippen molar-refractivity contribution >= 4 is 11.7 Å². The van der Waals surface area contributed by atoms with Crippen molar-refractivity contribution in [2.75, 3.05) is 5.32 Å². The Labute approximate surface area is 154 Å². The number of nitrogens with one attached hydrogen (secondary N) is 1. The van der Waals surface area contributed by atoms with Gasteiger partial charge in [0.25, 0.3) is 0 Å². The van der Waals surface area contributed by atoms with E-state index in [2.05, 4.69) is 11.4 Å². The van der Waals surface area contributed by atoms with Gasteiger partial charge in [-0.05, 0) is 54.2 Å². The van der Waals surface area contributed by atoms with Crippen molar-refractivity contribution in [2.45, 2.75) is 31.5 Å². The Bertz CT molecular complexity index is 949. The second kappa shape index (κ2) is 6.15. The van der Waals surface area contributed by atoms with Crippen molar-refractivity contribution < 1.29 is 23.1 Å². The number of hydrogen-bond acceptors (Lipinski definition) is 2. The number of aromatic carboxylic acids is 1. The smallest absolute Gasteiger partial charge is 0.416 e. The SMILES string of the molecule is Cc1c(C(=O)O)ccc2c1N[C@@H](c1cccc(C(F)(F)F)c1)[C@H]1CC=C[C@@H]21. The fourth-order valence-corrected chi connectivity index (χ4v) is 4.28. The van der Waals surface area contributed by atoms with E-state index in [-0.39, 0.29) is 23.4 Å². The molecule has 3 atom stereocenters. The molecule has 27 heavy (non-hydrogen) atoms. The Kier molecular flexibility index (Phi) is 4.02. The number of rotatable bonds is 2. The van der Waals surface area contributed by atoms with E-state index in [1.165, 1.54) is 12.1 Å². The number of allylic oxidation sites excluding steroid dienone is 2. The van der Waals surface area contributed by atoms with E-state index in [1.54, 1.807) is 19.1 Å². The first-order valence-electron chi connectivity index (χ1n) is 8.74. The van der Waals surface area contributed by atoms with E-state index in [0.717, 1.165) is 18.1 Å². The summed E-state index contributed by atoms with van der Waals surface area (Å²) in [5.41, 5.74) is 2.41. The number of hydrogen-bond donors (Lipinski definition) is 2. The molecule has 0 unspecified atom stereocenters. The number of halogens is 3. The van der Waals surface area contributed by atoms with Crippen LogP contribution in [-0.4, -0.2) is 11.1 Å². The van der Waals surface area contributed by atoms with Gasteiger partial charge < -0.3 is 10.4 Å². The molecule has 3 nitrogen and oxygen atoms in total. The predicted molar refractivity (Wildman–Crippen MR) is 95.9 cm³/mol. The fourth-order valence-electron chi connectivity index (χ4n) is 4.28. The highest BCUT2D eigenvalue weighted by Gasteiger charge is 2.40. The summed E-state index contributed by atoms with van der Waals surface area (Å²) in [6, 6.07) is 8.48. The first kappa shape index (κ1) is 17.6. The highest BCUT2D eigenvalue weighted by Crippen LogP contribution is 2.51. The molecule has 2 aromatic rings. The number of anilines is 1. The zero-order valence-electron chi connectivity index (χ0n) is 14.5. The van der Waals surface area contributed by atoms with Gasteiger partial charge in [0.1, 0.15) is 0 Å². The van der Waals surface area contributed by atoms with Crippen LogP contribution in [0.2, 0.25) is 0 Å². The minimum absolute atomic E-state index is 0.0577. The predicted octanol–water partition coefficient (Wildman–Crippen LogP) is 5.54. The fraction of sp³-hybridized carbons (Fsp3) is 0.286. The molecule has 6 heteroatoms. The van der Waals surface area contributed by atoms with E-state index in [1.807, 2.05) is 12.1 Å².